The number of carbonyl (C=O) groups excluding carboxylic acids is 2. The van der Waals surface area contributed by atoms with Crippen LogP contribution in [0.3, 0.4) is 0 Å². The van der Waals surface area contributed by atoms with Crippen LogP contribution in [0.5, 0.6) is 0 Å². The highest BCUT2D eigenvalue weighted by molar-refractivity contribution is 7.13. The Kier molecular flexibility index (Phi) is 6.63. The van der Waals surface area contributed by atoms with Crippen LogP contribution in [0.15, 0.2) is 71.4 Å². The first kappa shape index (κ1) is 21.7. The minimum Gasteiger partial charge on any atom is -0.375 e. The molecule has 32 heavy (non-hydrogen) atoms. The smallest absolute Gasteiger partial charge is 0.264 e. The van der Waals surface area contributed by atoms with E-state index in [1.807, 2.05) is 72.3 Å². The molecule has 162 valence electrons. The van der Waals surface area contributed by atoms with Crippen molar-refractivity contribution in [3.8, 4) is 11.3 Å². The molecule has 8 heteroatoms. The van der Waals surface area contributed by atoms with E-state index in [-0.39, 0.29) is 18.4 Å². The predicted octanol–water partition coefficient (Wildman–Crippen LogP) is 5.04. The molecule has 2 amide bonds. The molecule has 0 saturated heterocycles. The van der Waals surface area contributed by atoms with Gasteiger partial charge in [0, 0.05) is 23.2 Å². The van der Waals surface area contributed by atoms with Gasteiger partial charge in [0.05, 0.1) is 10.6 Å². The highest BCUT2D eigenvalue weighted by atomic mass is 32.1. The largest absolute Gasteiger partial charge is 0.375 e. The van der Waals surface area contributed by atoms with E-state index in [1.165, 1.54) is 22.7 Å². The van der Waals surface area contributed by atoms with Gasteiger partial charge in [-0.25, -0.2) is 4.98 Å². The number of hydrogen-bond donors (Lipinski definition) is 2. The molecule has 0 radical (unpaired) electrons. The van der Waals surface area contributed by atoms with E-state index in [2.05, 4.69) is 10.3 Å². The number of aryl methyl sites for hydroxylation is 1. The molecular formula is C24H22N4O2S2. The van der Waals surface area contributed by atoms with Crippen molar-refractivity contribution in [2.45, 2.75) is 13.5 Å². The minimum atomic E-state index is -0.255. The summed E-state index contributed by atoms with van der Waals surface area (Å²) in [6.07, 6.45) is 0. The van der Waals surface area contributed by atoms with Crippen molar-refractivity contribution >= 4 is 45.3 Å². The van der Waals surface area contributed by atoms with Crippen molar-refractivity contribution in [2.75, 3.05) is 17.6 Å². The van der Waals surface area contributed by atoms with Gasteiger partial charge in [0.15, 0.2) is 5.13 Å². The lowest BCUT2D eigenvalue weighted by atomic mass is 10.1. The number of nitrogens with two attached hydrogens (primary N) is 1. The van der Waals surface area contributed by atoms with Gasteiger partial charge in [-0.15, -0.1) is 22.7 Å². The number of nitrogens with one attached hydrogen (secondary N) is 1. The average molecular weight is 463 g/mol. The second kappa shape index (κ2) is 9.76. The van der Waals surface area contributed by atoms with Crippen LogP contribution in [0, 0.1) is 6.92 Å². The van der Waals surface area contributed by atoms with Crippen LogP contribution in [0.4, 0.5) is 10.8 Å². The third-order valence-electron chi connectivity index (χ3n) is 4.96. The van der Waals surface area contributed by atoms with E-state index in [0.717, 1.165) is 22.4 Å². The monoisotopic (exact) mass is 462 g/mol. The Morgan fingerprint density at radius 3 is 2.47 bits per heavy atom. The zero-order valence-corrected chi connectivity index (χ0v) is 19.1. The second-order valence-electron chi connectivity index (χ2n) is 7.26. The topological polar surface area (TPSA) is 88.3 Å². The predicted molar refractivity (Wildman–Crippen MR) is 131 cm³/mol. The van der Waals surface area contributed by atoms with Gasteiger partial charge in [0.2, 0.25) is 5.91 Å². The first-order chi connectivity index (χ1) is 15.5. The lowest BCUT2D eigenvalue weighted by molar-refractivity contribution is -0.117. The van der Waals surface area contributed by atoms with Gasteiger partial charge in [-0.3, -0.25) is 9.59 Å². The van der Waals surface area contributed by atoms with Gasteiger partial charge < -0.3 is 16.0 Å². The molecule has 0 aliphatic heterocycles. The van der Waals surface area contributed by atoms with Crippen LogP contribution in [0.25, 0.3) is 11.3 Å². The number of carbonyl (C=O) groups is 2. The summed E-state index contributed by atoms with van der Waals surface area (Å²) in [5.41, 5.74) is 10.2. The molecule has 0 saturated carbocycles. The van der Waals surface area contributed by atoms with Gasteiger partial charge in [0.1, 0.15) is 6.54 Å². The quantitative estimate of drug-likeness (QED) is 0.403. The Balaban J connectivity index is 1.47. The third kappa shape index (κ3) is 5.22. The van der Waals surface area contributed by atoms with Crippen molar-refractivity contribution in [1.82, 2.24) is 9.88 Å². The van der Waals surface area contributed by atoms with Crippen LogP contribution in [-0.4, -0.2) is 28.2 Å². The van der Waals surface area contributed by atoms with Gasteiger partial charge in [0.25, 0.3) is 5.91 Å². The number of rotatable bonds is 7. The lowest BCUT2D eigenvalue weighted by Gasteiger charge is -2.23. The number of thiophene rings is 1. The van der Waals surface area contributed by atoms with Gasteiger partial charge >= 0.3 is 0 Å². The highest BCUT2D eigenvalue weighted by Crippen LogP contribution is 2.24. The van der Waals surface area contributed by atoms with Crippen LogP contribution < -0.4 is 11.1 Å². The van der Waals surface area contributed by atoms with Crippen LogP contribution in [-0.2, 0) is 11.3 Å². The average Bonchev–Trinajstić information content (AvgIpc) is 3.47. The highest BCUT2D eigenvalue weighted by Gasteiger charge is 2.21. The van der Waals surface area contributed by atoms with E-state index in [0.29, 0.717) is 22.2 Å². The molecule has 0 fully saturated rings. The van der Waals surface area contributed by atoms with E-state index in [4.69, 9.17) is 5.73 Å². The summed E-state index contributed by atoms with van der Waals surface area (Å²) in [6, 6.07) is 18.9. The molecule has 0 unspecified atom stereocenters. The number of nitrogens with zero attached hydrogens (tertiary/aromatic N) is 2. The molecule has 0 aliphatic carbocycles. The van der Waals surface area contributed by atoms with E-state index < -0.39 is 0 Å². The molecule has 2 heterocycles. The minimum absolute atomic E-state index is 0.0462. The number of benzene rings is 2. The molecule has 0 atom stereocenters. The Morgan fingerprint density at radius 2 is 1.81 bits per heavy atom. The summed E-state index contributed by atoms with van der Waals surface area (Å²) in [7, 11) is 0. The fraction of sp³-hybridized carbons (Fsp3) is 0.125. The number of anilines is 2. The SMILES string of the molecule is Cc1ccccc1CN(CC(=O)Nc1ccc(-c2csc(N)n2)cc1)C(=O)c1cccs1. The molecule has 0 aliphatic rings. The van der Waals surface area contributed by atoms with Crippen LogP contribution in [0.1, 0.15) is 20.8 Å². The van der Waals surface area contributed by atoms with Crippen molar-refractivity contribution in [3.63, 3.8) is 0 Å². The standard InChI is InChI=1S/C24H22N4O2S2/c1-16-5-2-3-6-18(16)13-28(23(30)21-7-4-12-31-21)14-22(29)26-19-10-8-17(9-11-19)20-15-32-24(25)27-20/h2-12,15H,13-14H2,1H3,(H2,25,27)(H,26,29). The molecule has 3 N–H and O–H groups in total. The number of amides is 2. The van der Waals surface area contributed by atoms with Crippen LogP contribution >= 0.6 is 22.7 Å². The molecular weight excluding hydrogens is 440 g/mol. The normalized spacial score (nSPS) is 10.7. The van der Waals surface area contributed by atoms with E-state index in [9.17, 15) is 9.59 Å². The fourth-order valence-electron chi connectivity index (χ4n) is 3.27. The number of hydrogen-bond acceptors (Lipinski definition) is 6. The summed E-state index contributed by atoms with van der Waals surface area (Å²) < 4.78 is 0. The molecule has 0 spiro atoms. The lowest BCUT2D eigenvalue weighted by Crippen LogP contribution is -2.37. The second-order valence-corrected chi connectivity index (χ2v) is 9.10. The van der Waals surface area contributed by atoms with Gasteiger partial charge in [-0.1, -0.05) is 42.5 Å². The van der Waals surface area contributed by atoms with E-state index in [1.54, 1.807) is 11.0 Å². The number of nitrogen functional groups attached to an aromatic ring is 1. The summed E-state index contributed by atoms with van der Waals surface area (Å²) in [4.78, 5) is 32.3. The maximum absolute atomic E-state index is 13.1. The Labute approximate surface area is 194 Å². The zero-order valence-electron chi connectivity index (χ0n) is 17.4. The zero-order chi connectivity index (χ0) is 22.5. The summed E-state index contributed by atoms with van der Waals surface area (Å²) in [5.74, 6) is -0.413. The molecule has 2 aromatic heterocycles. The van der Waals surface area contributed by atoms with Crippen molar-refractivity contribution in [3.05, 3.63) is 87.4 Å². The molecule has 6 nitrogen and oxygen atoms in total. The fourth-order valence-corrected chi connectivity index (χ4v) is 4.53. The van der Waals surface area contributed by atoms with Crippen molar-refractivity contribution in [2.24, 2.45) is 0 Å². The third-order valence-corrected chi connectivity index (χ3v) is 6.49. The molecule has 0 bridgehead atoms. The van der Waals surface area contributed by atoms with E-state index >= 15 is 0 Å². The van der Waals surface area contributed by atoms with Gasteiger partial charge in [-0.2, -0.15) is 0 Å². The maximum atomic E-state index is 13.1. The van der Waals surface area contributed by atoms with Crippen molar-refractivity contribution < 1.29 is 9.59 Å². The Morgan fingerprint density at radius 1 is 1.03 bits per heavy atom. The summed E-state index contributed by atoms with van der Waals surface area (Å²) in [5, 5.41) is 7.15. The summed E-state index contributed by atoms with van der Waals surface area (Å²) in [6.45, 7) is 2.32. The number of thiazole rings is 1. The molecule has 2 aromatic carbocycles. The van der Waals surface area contributed by atoms with Gasteiger partial charge in [-0.05, 0) is 41.6 Å². The Bertz CT molecular complexity index is 1220. The Hall–Kier alpha value is -3.49. The van der Waals surface area contributed by atoms with Crippen molar-refractivity contribution in [1.29, 1.82) is 0 Å². The molecule has 4 aromatic rings. The maximum Gasteiger partial charge on any atom is 0.264 e. The first-order valence-corrected chi connectivity index (χ1v) is 11.7. The number of aromatic nitrogens is 1. The first-order valence-electron chi connectivity index (χ1n) is 9.98. The van der Waals surface area contributed by atoms with Crippen LogP contribution in [0.2, 0.25) is 0 Å². The molecule has 4 rings (SSSR count). The summed E-state index contributed by atoms with van der Waals surface area (Å²) >= 11 is 2.75.